The fraction of sp³-hybridized carbons (Fsp3) is 0.333. The summed E-state index contributed by atoms with van der Waals surface area (Å²) in [4.78, 5) is 0. The molecule has 4 heteroatoms. The minimum Gasteiger partial charge on any atom is -0.493 e. The molecule has 3 aromatic rings. The molecule has 5 rings (SSSR count). The Balaban J connectivity index is 1.26. The van der Waals surface area contributed by atoms with Gasteiger partial charge in [0, 0.05) is 25.3 Å². The van der Waals surface area contributed by atoms with Crippen molar-refractivity contribution < 1.29 is 14.6 Å². The van der Waals surface area contributed by atoms with Gasteiger partial charge in [-0.15, -0.1) is 0 Å². The summed E-state index contributed by atoms with van der Waals surface area (Å²) >= 11 is 0. The van der Waals surface area contributed by atoms with Crippen LogP contribution < -0.4 is 10.1 Å². The van der Waals surface area contributed by atoms with Gasteiger partial charge >= 0.3 is 0 Å². The molecule has 0 spiro atoms. The van der Waals surface area contributed by atoms with E-state index in [0.717, 1.165) is 18.8 Å². The summed E-state index contributed by atoms with van der Waals surface area (Å²) in [6.45, 7) is 1.98. The number of benzene rings is 3. The van der Waals surface area contributed by atoms with E-state index in [4.69, 9.17) is 9.47 Å². The van der Waals surface area contributed by atoms with E-state index in [0.29, 0.717) is 19.6 Å². The number of hydrogen-bond donors (Lipinski definition) is 2. The maximum atomic E-state index is 11.0. The zero-order valence-corrected chi connectivity index (χ0v) is 17.6. The first-order valence-electron chi connectivity index (χ1n) is 11.2. The molecule has 3 atom stereocenters. The zero-order chi connectivity index (χ0) is 21.0. The van der Waals surface area contributed by atoms with Crippen LogP contribution in [0.3, 0.4) is 0 Å². The fourth-order valence-electron chi connectivity index (χ4n) is 4.78. The average Bonchev–Trinajstić information content (AvgIpc) is 3.28. The predicted molar refractivity (Wildman–Crippen MR) is 121 cm³/mol. The van der Waals surface area contributed by atoms with Crippen molar-refractivity contribution in [1.29, 1.82) is 0 Å². The highest BCUT2D eigenvalue weighted by Crippen LogP contribution is 2.34. The van der Waals surface area contributed by atoms with E-state index in [9.17, 15) is 5.11 Å². The molecule has 1 fully saturated rings. The van der Waals surface area contributed by atoms with Crippen molar-refractivity contribution in [3.05, 3.63) is 101 Å². The monoisotopic (exact) mass is 415 g/mol. The molecule has 1 saturated heterocycles. The normalized spacial score (nSPS) is 22.8. The van der Waals surface area contributed by atoms with Gasteiger partial charge in [-0.25, -0.2) is 0 Å². The van der Waals surface area contributed by atoms with Crippen molar-refractivity contribution in [2.75, 3.05) is 13.2 Å². The van der Waals surface area contributed by atoms with E-state index < -0.39 is 6.10 Å². The van der Waals surface area contributed by atoms with Crippen LogP contribution in [0.2, 0.25) is 0 Å². The molecule has 2 aliphatic heterocycles. The molecule has 0 amide bonds. The van der Waals surface area contributed by atoms with E-state index in [1.54, 1.807) is 0 Å². The van der Waals surface area contributed by atoms with Crippen LogP contribution in [-0.4, -0.2) is 36.6 Å². The molecular weight excluding hydrogens is 386 g/mol. The summed E-state index contributed by atoms with van der Waals surface area (Å²) in [5, 5.41) is 14.5. The molecule has 0 saturated carbocycles. The molecule has 31 heavy (non-hydrogen) atoms. The SMILES string of the molecule is O[C@@H]1C[C@@H](C(c2ccccc2)c2ccccc2)OC[C@H]1NCc1ccc2c(c1)CCO2. The number of aliphatic hydroxyl groups excluding tert-OH is 1. The van der Waals surface area contributed by atoms with Gasteiger partial charge in [-0.1, -0.05) is 72.8 Å². The first-order chi connectivity index (χ1) is 15.3. The second-order valence-corrected chi connectivity index (χ2v) is 8.50. The third-order valence-corrected chi connectivity index (χ3v) is 6.44. The molecule has 2 aliphatic rings. The molecule has 2 heterocycles. The molecule has 0 unspecified atom stereocenters. The van der Waals surface area contributed by atoms with Crippen molar-refractivity contribution >= 4 is 0 Å². The van der Waals surface area contributed by atoms with Crippen LogP contribution in [0.25, 0.3) is 0 Å². The quantitative estimate of drug-likeness (QED) is 0.638. The van der Waals surface area contributed by atoms with Crippen LogP contribution in [0.4, 0.5) is 0 Å². The maximum absolute atomic E-state index is 11.0. The van der Waals surface area contributed by atoms with Gasteiger partial charge in [0.1, 0.15) is 5.75 Å². The van der Waals surface area contributed by atoms with Crippen LogP contribution in [0.15, 0.2) is 78.9 Å². The summed E-state index contributed by atoms with van der Waals surface area (Å²) < 4.78 is 11.9. The maximum Gasteiger partial charge on any atom is 0.122 e. The Kier molecular flexibility index (Phi) is 6.03. The number of fused-ring (bicyclic) bond motifs is 1. The van der Waals surface area contributed by atoms with Gasteiger partial charge in [0.25, 0.3) is 0 Å². The smallest absolute Gasteiger partial charge is 0.122 e. The van der Waals surface area contributed by atoms with Gasteiger partial charge in [-0.3, -0.25) is 0 Å². The first-order valence-corrected chi connectivity index (χ1v) is 11.2. The molecular formula is C27H29NO3. The average molecular weight is 416 g/mol. The van der Waals surface area contributed by atoms with Crippen molar-refractivity contribution in [3.8, 4) is 5.75 Å². The standard InChI is InChI=1S/C27H29NO3/c29-24-16-26(27(20-7-3-1-4-8-20)21-9-5-2-6-10-21)31-18-23(24)28-17-19-11-12-25-22(15-19)13-14-30-25/h1-12,15,23-24,26-29H,13-14,16-18H2/t23-,24-,26+/m1/s1. The Bertz CT molecular complexity index is 952. The van der Waals surface area contributed by atoms with Crippen LogP contribution in [0.5, 0.6) is 5.75 Å². The lowest BCUT2D eigenvalue weighted by molar-refractivity contribution is -0.0718. The van der Waals surface area contributed by atoms with E-state index >= 15 is 0 Å². The van der Waals surface area contributed by atoms with Gasteiger partial charge in [-0.05, 0) is 28.3 Å². The lowest BCUT2D eigenvalue weighted by Crippen LogP contribution is -2.50. The molecule has 0 bridgehead atoms. The fourth-order valence-corrected chi connectivity index (χ4v) is 4.78. The number of hydrogen-bond acceptors (Lipinski definition) is 4. The lowest BCUT2D eigenvalue weighted by atomic mass is 9.82. The van der Waals surface area contributed by atoms with E-state index in [-0.39, 0.29) is 18.1 Å². The molecule has 2 N–H and O–H groups in total. The first kappa shape index (κ1) is 20.3. The van der Waals surface area contributed by atoms with Crippen LogP contribution >= 0.6 is 0 Å². The third-order valence-electron chi connectivity index (χ3n) is 6.44. The molecule has 0 radical (unpaired) electrons. The minimum absolute atomic E-state index is 0.0602. The second-order valence-electron chi connectivity index (χ2n) is 8.50. The number of aliphatic hydroxyl groups is 1. The molecule has 0 aromatic heterocycles. The van der Waals surface area contributed by atoms with Crippen LogP contribution in [-0.2, 0) is 17.7 Å². The zero-order valence-electron chi connectivity index (χ0n) is 17.6. The van der Waals surface area contributed by atoms with Gasteiger partial charge in [0.05, 0.1) is 31.5 Å². The largest absolute Gasteiger partial charge is 0.493 e. The topological polar surface area (TPSA) is 50.7 Å². The number of rotatable bonds is 6. The summed E-state index contributed by atoms with van der Waals surface area (Å²) in [6.07, 6.45) is 1.06. The second kappa shape index (κ2) is 9.23. The molecule has 160 valence electrons. The highest BCUT2D eigenvalue weighted by molar-refractivity contribution is 5.40. The highest BCUT2D eigenvalue weighted by atomic mass is 16.5. The lowest BCUT2D eigenvalue weighted by Gasteiger charge is -2.38. The van der Waals surface area contributed by atoms with Gasteiger partial charge in [0.15, 0.2) is 0 Å². The third kappa shape index (κ3) is 4.52. The van der Waals surface area contributed by atoms with E-state index in [1.165, 1.54) is 22.3 Å². The van der Waals surface area contributed by atoms with Crippen LogP contribution in [0, 0.1) is 0 Å². The van der Waals surface area contributed by atoms with Crippen molar-refractivity contribution in [3.63, 3.8) is 0 Å². The van der Waals surface area contributed by atoms with E-state index in [2.05, 4.69) is 66.0 Å². The molecule has 0 aliphatic carbocycles. The summed E-state index contributed by atoms with van der Waals surface area (Å²) in [6, 6.07) is 27.2. The van der Waals surface area contributed by atoms with Gasteiger partial charge in [0.2, 0.25) is 0 Å². The minimum atomic E-state index is -0.452. The van der Waals surface area contributed by atoms with Crippen molar-refractivity contribution in [2.24, 2.45) is 0 Å². The summed E-state index contributed by atoms with van der Waals surface area (Å²) in [5.41, 5.74) is 4.92. The Morgan fingerprint density at radius 1 is 0.935 bits per heavy atom. The van der Waals surface area contributed by atoms with Gasteiger partial charge < -0.3 is 19.9 Å². The highest BCUT2D eigenvalue weighted by Gasteiger charge is 2.35. The molecule has 3 aromatic carbocycles. The van der Waals surface area contributed by atoms with Crippen LogP contribution in [0.1, 0.15) is 34.6 Å². The van der Waals surface area contributed by atoms with Crippen molar-refractivity contribution in [1.82, 2.24) is 5.32 Å². The summed E-state index contributed by atoms with van der Waals surface area (Å²) in [7, 11) is 0. The number of nitrogens with one attached hydrogen (secondary N) is 1. The van der Waals surface area contributed by atoms with E-state index in [1.807, 2.05) is 18.2 Å². The Hall–Kier alpha value is -2.66. The number of ether oxygens (including phenoxy) is 2. The molecule has 4 nitrogen and oxygen atoms in total. The Morgan fingerprint density at radius 3 is 2.32 bits per heavy atom. The Labute approximate surface area is 183 Å². The predicted octanol–water partition coefficient (Wildman–Crippen LogP) is 4.06. The van der Waals surface area contributed by atoms with Gasteiger partial charge in [-0.2, -0.15) is 0 Å². The Morgan fingerprint density at radius 2 is 1.65 bits per heavy atom. The summed E-state index contributed by atoms with van der Waals surface area (Å²) in [5.74, 6) is 1.11. The van der Waals surface area contributed by atoms with Crippen molar-refractivity contribution in [2.45, 2.75) is 43.6 Å².